The number of hydrogen-bond donors (Lipinski definition) is 1. The number of aryl methyl sites for hydroxylation is 2. The van der Waals surface area contributed by atoms with Crippen LogP contribution < -0.4 is 4.74 Å². The molecular weight excluding hydrogens is 456 g/mol. The number of carboxylic acid groups (broad SMARTS) is 1. The van der Waals surface area contributed by atoms with Gasteiger partial charge in [-0.15, -0.1) is 5.10 Å². The maximum absolute atomic E-state index is 11.4. The molecule has 36 heavy (non-hydrogen) atoms. The average Bonchev–Trinajstić information content (AvgIpc) is 3.47. The van der Waals surface area contributed by atoms with E-state index >= 15 is 0 Å². The summed E-state index contributed by atoms with van der Waals surface area (Å²) in [6.45, 7) is 2.42. The SMILES string of the molecule is Cc1nc(-c2nnn(C)c2Cn2ccc(Cc3ccccc3)n2)ccc1O[C@H]1CCC[C@H](C(=O)O)C1. The first-order valence-electron chi connectivity index (χ1n) is 12.3. The number of aliphatic carboxylic acids is 1. The molecule has 0 spiro atoms. The summed E-state index contributed by atoms with van der Waals surface area (Å²) in [6, 6.07) is 16.1. The van der Waals surface area contributed by atoms with E-state index in [4.69, 9.17) is 14.8 Å². The van der Waals surface area contributed by atoms with E-state index in [0.29, 0.717) is 36.5 Å². The number of carboxylic acids is 1. The van der Waals surface area contributed by atoms with Gasteiger partial charge >= 0.3 is 5.97 Å². The van der Waals surface area contributed by atoms with Crippen LogP contribution in [0.25, 0.3) is 11.4 Å². The third-order valence-corrected chi connectivity index (χ3v) is 6.73. The molecule has 1 aromatic carbocycles. The van der Waals surface area contributed by atoms with Crippen LogP contribution in [0.4, 0.5) is 0 Å². The third-order valence-electron chi connectivity index (χ3n) is 6.73. The van der Waals surface area contributed by atoms with Crippen molar-refractivity contribution in [1.82, 2.24) is 29.8 Å². The van der Waals surface area contributed by atoms with Crippen LogP contribution >= 0.6 is 0 Å². The molecular formula is C27H30N6O3. The lowest BCUT2D eigenvalue weighted by Crippen LogP contribution is -2.29. The molecule has 1 N–H and O–H groups in total. The molecule has 0 aliphatic heterocycles. The van der Waals surface area contributed by atoms with Gasteiger partial charge in [0.25, 0.3) is 0 Å². The quantitative estimate of drug-likeness (QED) is 0.400. The lowest BCUT2D eigenvalue weighted by molar-refractivity contribution is -0.143. The number of aromatic nitrogens is 6. The van der Waals surface area contributed by atoms with Crippen molar-refractivity contribution >= 4 is 5.97 Å². The molecule has 4 aromatic rings. The van der Waals surface area contributed by atoms with Gasteiger partial charge in [-0.05, 0) is 56.4 Å². The zero-order chi connectivity index (χ0) is 25.1. The lowest BCUT2D eigenvalue weighted by Gasteiger charge is -2.27. The Balaban J connectivity index is 1.30. The number of pyridine rings is 1. The lowest BCUT2D eigenvalue weighted by atomic mass is 9.87. The third kappa shape index (κ3) is 5.30. The molecule has 0 amide bonds. The van der Waals surface area contributed by atoms with E-state index in [1.54, 1.807) is 4.68 Å². The number of benzene rings is 1. The van der Waals surface area contributed by atoms with Gasteiger partial charge in [0.05, 0.1) is 41.3 Å². The minimum Gasteiger partial charge on any atom is -0.489 e. The molecule has 3 heterocycles. The Bertz CT molecular complexity index is 1350. The van der Waals surface area contributed by atoms with Crippen molar-refractivity contribution in [3.8, 4) is 17.1 Å². The molecule has 1 aliphatic rings. The first kappa shape index (κ1) is 23.7. The number of rotatable bonds is 8. The Morgan fingerprint density at radius 2 is 1.97 bits per heavy atom. The molecule has 3 aromatic heterocycles. The van der Waals surface area contributed by atoms with Crippen LogP contribution in [0.1, 0.15) is 48.3 Å². The molecule has 9 heteroatoms. The van der Waals surface area contributed by atoms with E-state index in [0.717, 1.165) is 36.3 Å². The van der Waals surface area contributed by atoms with Crippen molar-refractivity contribution in [3.05, 3.63) is 77.4 Å². The van der Waals surface area contributed by atoms with E-state index in [9.17, 15) is 9.90 Å². The molecule has 0 radical (unpaired) electrons. The van der Waals surface area contributed by atoms with Gasteiger partial charge in [-0.1, -0.05) is 35.5 Å². The summed E-state index contributed by atoms with van der Waals surface area (Å²) >= 11 is 0. The van der Waals surface area contributed by atoms with Crippen LogP contribution in [-0.4, -0.2) is 46.9 Å². The van der Waals surface area contributed by atoms with Gasteiger partial charge in [0, 0.05) is 19.7 Å². The van der Waals surface area contributed by atoms with Gasteiger partial charge in [-0.3, -0.25) is 9.48 Å². The minimum absolute atomic E-state index is 0.108. The first-order chi connectivity index (χ1) is 17.5. The van der Waals surface area contributed by atoms with E-state index in [1.807, 2.05) is 61.2 Å². The topological polar surface area (TPSA) is 108 Å². The van der Waals surface area contributed by atoms with Gasteiger partial charge in [-0.2, -0.15) is 5.10 Å². The predicted molar refractivity (Wildman–Crippen MR) is 134 cm³/mol. The smallest absolute Gasteiger partial charge is 0.306 e. The Morgan fingerprint density at radius 1 is 1.14 bits per heavy atom. The highest BCUT2D eigenvalue weighted by Gasteiger charge is 2.28. The fourth-order valence-corrected chi connectivity index (χ4v) is 4.76. The molecule has 2 atom stereocenters. The van der Waals surface area contributed by atoms with Crippen molar-refractivity contribution in [1.29, 1.82) is 0 Å². The second kappa shape index (κ2) is 10.3. The number of carbonyl (C=O) groups is 1. The maximum Gasteiger partial charge on any atom is 0.306 e. The summed E-state index contributed by atoms with van der Waals surface area (Å²) in [5.41, 5.74) is 5.29. The van der Waals surface area contributed by atoms with Crippen LogP contribution in [0.5, 0.6) is 5.75 Å². The van der Waals surface area contributed by atoms with Crippen LogP contribution in [-0.2, 0) is 24.8 Å². The molecule has 5 rings (SSSR count). The minimum atomic E-state index is -0.743. The summed E-state index contributed by atoms with van der Waals surface area (Å²) in [7, 11) is 1.87. The molecule has 1 fully saturated rings. The largest absolute Gasteiger partial charge is 0.489 e. The van der Waals surface area contributed by atoms with Crippen molar-refractivity contribution in [2.75, 3.05) is 0 Å². The Labute approximate surface area is 209 Å². The summed E-state index contributed by atoms with van der Waals surface area (Å²) in [5, 5.41) is 22.7. The normalized spacial score (nSPS) is 17.7. The van der Waals surface area contributed by atoms with Crippen molar-refractivity contribution in [2.45, 2.75) is 51.7 Å². The van der Waals surface area contributed by atoms with E-state index in [-0.39, 0.29) is 12.0 Å². The van der Waals surface area contributed by atoms with Crippen LogP contribution in [0.3, 0.4) is 0 Å². The van der Waals surface area contributed by atoms with Crippen molar-refractivity contribution in [2.24, 2.45) is 13.0 Å². The first-order valence-corrected chi connectivity index (χ1v) is 12.3. The fraction of sp³-hybridized carbons (Fsp3) is 0.370. The zero-order valence-electron chi connectivity index (χ0n) is 20.5. The van der Waals surface area contributed by atoms with Crippen LogP contribution in [0, 0.1) is 12.8 Å². The number of hydrogen-bond acceptors (Lipinski definition) is 6. The summed E-state index contributed by atoms with van der Waals surface area (Å²) in [5.74, 6) is -0.403. The summed E-state index contributed by atoms with van der Waals surface area (Å²) < 4.78 is 9.81. The van der Waals surface area contributed by atoms with E-state index < -0.39 is 5.97 Å². The highest BCUT2D eigenvalue weighted by Crippen LogP contribution is 2.30. The highest BCUT2D eigenvalue weighted by atomic mass is 16.5. The maximum atomic E-state index is 11.4. The molecule has 0 bridgehead atoms. The van der Waals surface area contributed by atoms with Gasteiger partial charge in [0.2, 0.25) is 0 Å². The van der Waals surface area contributed by atoms with Crippen molar-refractivity contribution in [3.63, 3.8) is 0 Å². The molecule has 186 valence electrons. The Morgan fingerprint density at radius 3 is 2.75 bits per heavy atom. The monoisotopic (exact) mass is 486 g/mol. The average molecular weight is 487 g/mol. The summed E-state index contributed by atoms with van der Waals surface area (Å²) in [4.78, 5) is 16.1. The van der Waals surface area contributed by atoms with Gasteiger partial charge in [0.15, 0.2) is 0 Å². The van der Waals surface area contributed by atoms with Crippen LogP contribution in [0.2, 0.25) is 0 Å². The molecule has 9 nitrogen and oxygen atoms in total. The predicted octanol–water partition coefficient (Wildman–Crippen LogP) is 4.04. The number of ether oxygens (including phenoxy) is 1. The van der Waals surface area contributed by atoms with Gasteiger partial charge in [0.1, 0.15) is 11.4 Å². The number of nitrogens with zero attached hydrogens (tertiary/aromatic N) is 6. The fourth-order valence-electron chi connectivity index (χ4n) is 4.76. The molecule has 0 unspecified atom stereocenters. The highest BCUT2D eigenvalue weighted by molar-refractivity contribution is 5.70. The van der Waals surface area contributed by atoms with Crippen LogP contribution in [0.15, 0.2) is 54.7 Å². The Kier molecular flexibility index (Phi) is 6.79. The molecule has 1 aliphatic carbocycles. The van der Waals surface area contributed by atoms with E-state index in [2.05, 4.69) is 22.4 Å². The summed E-state index contributed by atoms with van der Waals surface area (Å²) in [6.07, 6.45) is 5.60. The molecule has 0 saturated heterocycles. The second-order valence-corrected chi connectivity index (χ2v) is 9.40. The zero-order valence-corrected chi connectivity index (χ0v) is 20.5. The standard InChI is InChI=1S/C27H30N6O3/c1-18-25(36-22-10-6-9-20(16-22)27(34)35)12-11-23(28-18)26-24(32(2)31-29-26)17-33-14-13-21(30-33)15-19-7-4-3-5-8-19/h3-5,7-8,11-14,20,22H,6,9-10,15-17H2,1-2H3,(H,34,35)/t20-,22-/m0/s1. The van der Waals surface area contributed by atoms with Gasteiger partial charge in [-0.25, -0.2) is 9.67 Å². The Hall–Kier alpha value is -4.01. The second-order valence-electron chi connectivity index (χ2n) is 9.40. The van der Waals surface area contributed by atoms with E-state index in [1.165, 1.54) is 5.56 Å². The molecule has 1 saturated carbocycles. The van der Waals surface area contributed by atoms with Gasteiger partial charge < -0.3 is 9.84 Å². The van der Waals surface area contributed by atoms with Crippen molar-refractivity contribution < 1.29 is 14.6 Å².